The molecule has 0 aromatic heterocycles. The van der Waals surface area contributed by atoms with E-state index in [1.165, 1.54) is 19.3 Å². The molecule has 0 radical (unpaired) electrons. The quantitative estimate of drug-likeness (QED) is 0.372. The number of methoxy groups -OCH3 is 1. The third-order valence-corrected chi connectivity index (χ3v) is 4.49. The van der Waals surface area contributed by atoms with E-state index in [1.54, 1.807) is 25.3 Å². The Morgan fingerprint density at radius 3 is 2.43 bits per heavy atom. The number of hydrogen-bond donors (Lipinski definition) is 2. The van der Waals surface area contributed by atoms with Gasteiger partial charge in [-0.05, 0) is 55.0 Å². The molecule has 30 heavy (non-hydrogen) atoms. The standard InChI is InChI=1S/C23H30N2O4S/c1-3-4-5-8-15-28-19-13-11-18(12-14-19)24-23(30)25-22(26)20-9-6-7-10-21(20)29-17-16-27-2/h6-7,9-14H,3-5,8,15-17H2,1-2H3,(H2,24,25,26,30). The normalized spacial score (nSPS) is 10.3. The van der Waals surface area contributed by atoms with E-state index >= 15 is 0 Å². The van der Waals surface area contributed by atoms with Gasteiger partial charge in [0, 0.05) is 12.8 Å². The van der Waals surface area contributed by atoms with Crippen molar-refractivity contribution in [3.05, 3.63) is 54.1 Å². The highest BCUT2D eigenvalue weighted by atomic mass is 32.1. The second kappa shape index (κ2) is 13.6. The van der Waals surface area contributed by atoms with Crippen LogP contribution in [0.2, 0.25) is 0 Å². The van der Waals surface area contributed by atoms with Crippen molar-refractivity contribution in [3.63, 3.8) is 0 Å². The highest BCUT2D eigenvalue weighted by Crippen LogP contribution is 2.19. The van der Waals surface area contributed by atoms with E-state index in [9.17, 15) is 4.79 Å². The molecule has 2 rings (SSSR count). The molecule has 0 bridgehead atoms. The number of unbranched alkanes of at least 4 members (excludes halogenated alkanes) is 3. The van der Waals surface area contributed by atoms with Crippen molar-refractivity contribution in [1.82, 2.24) is 5.32 Å². The number of rotatable bonds is 12. The molecule has 0 aliphatic heterocycles. The maximum Gasteiger partial charge on any atom is 0.261 e. The van der Waals surface area contributed by atoms with Gasteiger partial charge in [-0.1, -0.05) is 38.3 Å². The topological polar surface area (TPSA) is 68.8 Å². The van der Waals surface area contributed by atoms with Crippen LogP contribution in [0.4, 0.5) is 5.69 Å². The fourth-order valence-electron chi connectivity index (χ4n) is 2.70. The largest absolute Gasteiger partial charge is 0.494 e. The Morgan fingerprint density at radius 2 is 1.70 bits per heavy atom. The molecule has 0 spiro atoms. The lowest BCUT2D eigenvalue weighted by Gasteiger charge is -2.13. The van der Waals surface area contributed by atoms with Crippen LogP contribution in [0.25, 0.3) is 0 Å². The van der Waals surface area contributed by atoms with E-state index in [0.717, 1.165) is 17.9 Å². The zero-order chi connectivity index (χ0) is 21.6. The van der Waals surface area contributed by atoms with Crippen molar-refractivity contribution >= 4 is 28.9 Å². The Bertz CT molecular complexity index is 796. The molecule has 0 atom stereocenters. The molecular formula is C23H30N2O4S. The van der Waals surface area contributed by atoms with Gasteiger partial charge in [-0.15, -0.1) is 0 Å². The molecule has 0 saturated carbocycles. The van der Waals surface area contributed by atoms with Crippen LogP contribution in [-0.4, -0.2) is 38.0 Å². The van der Waals surface area contributed by atoms with Crippen LogP contribution in [-0.2, 0) is 4.74 Å². The van der Waals surface area contributed by atoms with Crippen LogP contribution in [0.1, 0.15) is 43.0 Å². The maximum absolute atomic E-state index is 12.6. The summed E-state index contributed by atoms with van der Waals surface area (Å²) in [6.07, 6.45) is 4.69. The van der Waals surface area contributed by atoms with Crippen molar-refractivity contribution < 1.29 is 19.0 Å². The first-order valence-corrected chi connectivity index (χ1v) is 10.6. The van der Waals surface area contributed by atoms with E-state index in [2.05, 4.69) is 17.6 Å². The Labute approximate surface area is 183 Å². The summed E-state index contributed by atoms with van der Waals surface area (Å²) >= 11 is 5.27. The lowest BCUT2D eigenvalue weighted by Crippen LogP contribution is -2.34. The zero-order valence-electron chi connectivity index (χ0n) is 17.6. The van der Waals surface area contributed by atoms with Gasteiger partial charge >= 0.3 is 0 Å². The molecule has 162 valence electrons. The van der Waals surface area contributed by atoms with Gasteiger partial charge in [0.1, 0.15) is 18.1 Å². The summed E-state index contributed by atoms with van der Waals surface area (Å²) in [5.74, 6) is 0.956. The first-order chi connectivity index (χ1) is 14.6. The molecule has 0 fully saturated rings. The van der Waals surface area contributed by atoms with Gasteiger partial charge in [0.05, 0.1) is 18.8 Å². The van der Waals surface area contributed by atoms with Crippen LogP contribution in [0, 0.1) is 0 Å². The molecule has 6 nitrogen and oxygen atoms in total. The number of carbonyl (C=O) groups excluding carboxylic acids is 1. The smallest absolute Gasteiger partial charge is 0.261 e. The lowest BCUT2D eigenvalue weighted by atomic mass is 10.2. The van der Waals surface area contributed by atoms with Crippen LogP contribution < -0.4 is 20.1 Å². The number of carbonyl (C=O) groups is 1. The van der Waals surface area contributed by atoms with Gasteiger partial charge in [0.25, 0.3) is 5.91 Å². The van der Waals surface area contributed by atoms with Gasteiger partial charge in [-0.25, -0.2) is 0 Å². The van der Waals surface area contributed by atoms with Crippen molar-refractivity contribution in [1.29, 1.82) is 0 Å². The van der Waals surface area contributed by atoms with E-state index in [1.807, 2.05) is 30.3 Å². The van der Waals surface area contributed by atoms with Crippen LogP contribution in [0.5, 0.6) is 11.5 Å². The number of hydrogen-bond acceptors (Lipinski definition) is 5. The van der Waals surface area contributed by atoms with Crippen LogP contribution in [0.3, 0.4) is 0 Å². The molecule has 2 aromatic carbocycles. The summed E-state index contributed by atoms with van der Waals surface area (Å²) < 4.78 is 16.3. The average Bonchev–Trinajstić information content (AvgIpc) is 2.75. The van der Waals surface area contributed by atoms with Crippen molar-refractivity contribution in [2.45, 2.75) is 32.6 Å². The minimum absolute atomic E-state index is 0.208. The van der Waals surface area contributed by atoms with Gasteiger partial charge < -0.3 is 19.5 Å². The number of thiocarbonyl (C=S) groups is 1. The zero-order valence-corrected chi connectivity index (χ0v) is 18.4. The number of nitrogens with one attached hydrogen (secondary N) is 2. The second-order valence-corrected chi connectivity index (χ2v) is 7.09. The van der Waals surface area contributed by atoms with Crippen LogP contribution >= 0.6 is 12.2 Å². The first-order valence-electron chi connectivity index (χ1n) is 10.2. The van der Waals surface area contributed by atoms with Gasteiger partial charge in [0.2, 0.25) is 0 Å². The Kier molecular flexibility index (Phi) is 10.7. The van der Waals surface area contributed by atoms with Crippen molar-refractivity contribution in [2.75, 3.05) is 32.2 Å². The molecule has 0 saturated heterocycles. The lowest BCUT2D eigenvalue weighted by molar-refractivity contribution is 0.0970. The number of anilines is 1. The molecule has 2 aromatic rings. The number of benzene rings is 2. The Balaban J connectivity index is 1.83. The third kappa shape index (κ3) is 8.39. The average molecular weight is 431 g/mol. The Morgan fingerprint density at radius 1 is 0.933 bits per heavy atom. The second-order valence-electron chi connectivity index (χ2n) is 6.68. The molecular weight excluding hydrogens is 400 g/mol. The number of amides is 1. The number of ether oxygens (including phenoxy) is 3. The molecule has 0 aliphatic rings. The third-order valence-electron chi connectivity index (χ3n) is 4.28. The summed E-state index contributed by atoms with van der Waals surface area (Å²) in [6, 6.07) is 14.5. The van der Waals surface area contributed by atoms with Crippen molar-refractivity contribution in [3.8, 4) is 11.5 Å². The molecule has 0 unspecified atom stereocenters. The van der Waals surface area contributed by atoms with Gasteiger partial charge in [0.15, 0.2) is 5.11 Å². The summed E-state index contributed by atoms with van der Waals surface area (Å²) in [6.45, 7) is 3.70. The fraction of sp³-hybridized carbons (Fsp3) is 0.391. The maximum atomic E-state index is 12.6. The minimum Gasteiger partial charge on any atom is -0.494 e. The molecule has 7 heteroatoms. The van der Waals surface area contributed by atoms with E-state index in [-0.39, 0.29) is 11.0 Å². The van der Waals surface area contributed by atoms with Crippen molar-refractivity contribution in [2.24, 2.45) is 0 Å². The van der Waals surface area contributed by atoms with E-state index in [0.29, 0.717) is 31.1 Å². The van der Waals surface area contributed by atoms with E-state index in [4.69, 9.17) is 26.4 Å². The molecule has 0 aliphatic carbocycles. The highest BCUT2D eigenvalue weighted by molar-refractivity contribution is 7.80. The fourth-order valence-corrected chi connectivity index (χ4v) is 2.91. The SMILES string of the molecule is CCCCCCOc1ccc(NC(=S)NC(=O)c2ccccc2OCCOC)cc1. The summed E-state index contributed by atoms with van der Waals surface area (Å²) in [5, 5.41) is 5.90. The van der Waals surface area contributed by atoms with Crippen LogP contribution in [0.15, 0.2) is 48.5 Å². The van der Waals surface area contributed by atoms with Gasteiger partial charge in [-0.2, -0.15) is 0 Å². The summed E-state index contributed by atoms with van der Waals surface area (Å²) in [7, 11) is 1.60. The Hall–Kier alpha value is -2.64. The highest BCUT2D eigenvalue weighted by Gasteiger charge is 2.13. The minimum atomic E-state index is -0.340. The monoisotopic (exact) mass is 430 g/mol. The van der Waals surface area contributed by atoms with Gasteiger partial charge in [-0.3, -0.25) is 10.1 Å². The number of para-hydroxylation sites is 1. The molecule has 1 amide bonds. The first kappa shape index (κ1) is 23.6. The molecule has 2 N–H and O–H groups in total. The summed E-state index contributed by atoms with van der Waals surface area (Å²) in [4.78, 5) is 12.6. The predicted octanol–water partition coefficient (Wildman–Crippen LogP) is 4.80. The van der Waals surface area contributed by atoms with E-state index < -0.39 is 0 Å². The molecule has 0 heterocycles. The predicted molar refractivity (Wildman–Crippen MR) is 124 cm³/mol. The summed E-state index contributed by atoms with van der Waals surface area (Å²) in [5.41, 5.74) is 1.17.